The van der Waals surface area contributed by atoms with Gasteiger partial charge < -0.3 is 4.90 Å². The Morgan fingerprint density at radius 2 is 1.88 bits per heavy atom. The van der Waals surface area contributed by atoms with Crippen LogP contribution in [0.1, 0.15) is 71.7 Å². The largest absolute Gasteiger partial charge is 0.337 e. The van der Waals surface area contributed by atoms with Gasteiger partial charge in [0.25, 0.3) is 5.91 Å². The van der Waals surface area contributed by atoms with Crippen LogP contribution in [0.5, 0.6) is 0 Å². The zero-order valence-electron chi connectivity index (χ0n) is 19.5. The van der Waals surface area contributed by atoms with Gasteiger partial charge in [-0.15, -0.1) is 0 Å². The van der Waals surface area contributed by atoms with E-state index in [0.717, 1.165) is 79.0 Å². The molecule has 33 heavy (non-hydrogen) atoms. The number of aryl methyl sites for hydroxylation is 3. The van der Waals surface area contributed by atoms with E-state index in [9.17, 15) is 9.18 Å². The lowest BCUT2D eigenvalue weighted by atomic mass is 9.91. The van der Waals surface area contributed by atoms with E-state index in [2.05, 4.69) is 13.0 Å². The van der Waals surface area contributed by atoms with Gasteiger partial charge in [-0.2, -0.15) is 5.10 Å². The van der Waals surface area contributed by atoms with E-state index in [1.807, 2.05) is 22.6 Å². The van der Waals surface area contributed by atoms with Crippen LogP contribution in [0.4, 0.5) is 4.39 Å². The Morgan fingerprint density at radius 1 is 1.09 bits per heavy atom. The van der Waals surface area contributed by atoms with Crippen LogP contribution in [0.2, 0.25) is 0 Å². The third-order valence-electron chi connectivity index (χ3n) is 7.00. The zero-order chi connectivity index (χ0) is 22.9. The van der Waals surface area contributed by atoms with Crippen LogP contribution in [-0.2, 0) is 19.4 Å². The Bertz CT molecular complexity index is 1170. The number of carbonyl (C=O) groups excluding carboxylic acids is 1. The molecule has 1 fully saturated rings. The number of piperidine rings is 1. The summed E-state index contributed by atoms with van der Waals surface area (Å²) in [6.45, 7) is 6.21. The molecule has 0 radical (unpaired) electrons. The van der Waals surface area contributed by atoms with Crippen molar-refractivity contribution >= 4 is 5.91 Å². The highest BCUT2D eigenvalue weighted by Crippen LogP contribution is 2.32. The molecule has 0 bridgehead atoms. The number of carbonyl (C=O) groups is 1. The molecular formula is C27H31FN4O. The van der Waals surface area contributed by atoms with Crippen molar-refractivity contribution in [2.75, 3.05) is 13.1 Å². The predicted molar refractivity (Wildman–Crippen MR) is 127 cm³/mol. The van der Waals surface area contributed by atoms with Gasteiger partial charge in [0.1, 0.15) is 11.5 Å². The summed E-state index contributed by atoms with van der Waals surface area (Å²) in [5.41, 5.74) is 7.06. The summed E-state index contributed by atoms with van der Waals surface area (Å²) < 4.78 is 15.3. The monoisotopic (exact) mass is 446 g/mol. The minimum Gasteiger partial charge on any atom is -0.337 e. The average molecular weight is 447 g/mol. The van der Waals surface area contributed by atoms with Crippen molar-refractivity contribution in [3.8, 4) is 11.1 Å². The molecule has 0 N–H and O–H groups in total. The highest BCUT2D eigenvalue weighted by atomic mass is 19.1. The minimum atomic E-state index is -0.236. The second-order valence-electron chi connectivity index (χ2n) is 9.32. The van der Waals surface area contributed by atoms with Gasteiger partial charge in [-0.1, -0.05) is 12.1 Å². The van der Waals surface area contributed by atoms with Crippen molar-refractivity contribution in [1.82, 2.24) is 19.7 Å². The summed E-state index contributed by atoms with van der Waals surface area (Å²) in [4.78, 5) is 20.5. The molecule has 1 amide bonds. The highest BCUT2D eigenvalue weighted by molar-refractivity contribution is 5.94. The van der Waals surface area contributed by atoms with Crippen LogP contribution in [0.25, 0.3) is 11.1 Å². The number of benzene rings is 1. The third-order valence-corrected chi connectivity index (χ3v) is 7.00. The Kier molecular flexibility index (Phi) is 6.00. The Labute approximate surface area is 194 Å². The van der Waals surface area contributed by atoms with E-state index in [4.69, 9.17) is 10.1 Å². The van der Waals surface area contributed by atoms with Gasteiger partial charge in [0.15, 0.2) is 0 Å². The molecule has 172 valence electrons. The molecule has 5 rings (SSSR count). The highest BCUT2D eigenvalue weighted by Gasteiger charge is 2.32. The van der Waals surface area contributed by atoms with Gasteiger partial charge in [-0.3, -0.25) is 14.5 Å². The number of hydrogen-bond acceptors (Lipinski definition) is 3. The fourth-order valence-electron chi connectivity index (χ4n) is 5.34. The molecule has 0 saturated carbocycles. The van der Waals surface area contributed by atoms with E-state index in [1.54, 1.807) is 12.1 Å². The molecule has 2 aliphatic rings. The van der Waals surface area contributed by atoms with Crippen molar-refractivity contribution < 1.29 is 9.18 Å². The van der Waals surface area contributed by atoms with E-state index in [1.165, 1.54) is 17.7 Å². The summed E-state index contributed by atoms with van der Waals surface area (Å²) >= 11 is 0. The first kappa shape index (κ1) is 21.8. The zero-order valence-corrected chi connectivity index (χ0v) is 19.5. The van der Waals surface area contributed by atoms with Gasteiger partial charge in [-0.25, -0.2) is 4.39 Å². The van der Waals surface area contributed by atoms with Gasteiger partial charge in [0, 0.05) is 42.5 Å². The molecule has 0 unspecified atom stereocenters. The average Bonchev–Trinajstić information content (AvgIpc) is 3.22. The molecule has 6 heteroatoms. The molecular weight excluding hydrogens is 415 g/mol. The molecule has 5 nitrogen and oxygen atoms in total. The quantitative estimate of drug-likeness (QED) is 0.546. The lowest BCUT2D eigenvalue weighted by Gasteiger charge is -2.33. The number of amides is 1. The van der Waals surface area contributed by atoms with E-state index < -0.39 is 0 Å². The molecule has 3 heterocycles. The van der Waals surface area contributed by atoms with Gasteiger partial charge in [0.2, 0.25) is 0 Å². The van der Waals surface area contributed by atoms with Crippen LogP contribution in [-0.4, -0.2) is 38.7 Å². The molecule has 1 aromatic carbocycles. The van der Waals surface area contributed by atoms with Crippen molar-refractivity contribution in [3.63, 3.8) is 0 Å². The minimum absolute atomic E-state index is 0.114. The van der Waals surface area contributed by atoms with Crippen molar-refractivity contribution in [1.29, 1.82) is 0 Å². The maximum atomic E-state index is 13.7. The fourth-order valence-corrected chi connectivity index (χ4v) is 5.34. The molecule has 3 aromatic rings. The second-order valence-corrected chi connectivity index (χ2v) is 9.32. The number of rotatable bonds is 4. The first-order valence-corrected chi connectivity index (χ1v) is 12.2. The van der Waals surface area contributed by atoms with Crippen LogP contribution < -0.4 is 0 Å². The molecule has 1 aliphatic heterocycles. The van der Waals surface area contributed by atoms with Crippen molar-refractivity contribution in [2.45, 2.75) is 64.8 Å². The summed E-state index contributed by atoms with van der Waals surface area (Å²) in [5.74, 6) is 0.0685. The number of fused-ring (bicyclic) bond motifs is 1. The Hall–Kier alpha value is -3.02. The topological polar surface area (TPSA) is 51.0 Å². The smallest absolute Gasteiger partial charge is 0.272 e. The number of halogens is 1. The maximum absolute atomic E-state index is 13.7. The summed E-state index contributed by atoms with van der Waals surface area (Å²) in [7, 11) is 0. The van der Waals surface area contributed by atoms with Gasteiger partial charge in [0.05, 0.1) is 5.69 Å². The molecule has 0 spiro atoms. The summed E-state index contributed by atoms with van der Waals surface area (Å²) in [6.07, 6.45) is 6.18. The lowest BCUT2D eigenvalue weighted by Crippen LogP contribution is -2.40. The fraction of sp³-hybridized carbons (Fsp3) is 0.444. The Morgan fingerprint density at radius 3 is 2.67 bits per heavy atom. The lowest BCUT2D eigenvalue weighted by molar-refractivity contribution is 0.0692. The maximum Gasteiger partial charge on any atom is 0.272 e. The first-order valence-electron chi connectivity index (χ1n) is 12.2. The number of aromatic nitrogens is 3. The van der Waals surface area contributed by atoms with E-state index in [-0.39, 0.29) is 17.6 Å². The molecule has 2 aromatic heterocycles. The standard InChI is InChI=1S/C27H31FN4O/c1-3-32-26(23-8-4-5-9-24(23)30-32)27(33)31-14-6-7-20(17-31)25-16-21(15-18(2)29-25)19-10-12-22(28)13-11-19/h10-13,15-16,20H,3-9,14,17H2,1-2H3/t20-/m1/s1. The van der Waals surface area contributed by atoms with Crippen molar-refractivity contribution in [3.05, 3.63) is 70.6 Å². The first-order chi connectivity index (χ1) is 16.0. The van der Waals surface area contributed by atoms with E-state index >= 15 is 0 Å². The number of nitrogens with zero attached hydrogens (tertiary/aromatic N) is 4. The SMILES string of the molecule is CCn1nc2c(c1C(=O)N1CCC[C@@H](c3cc(-c4ccc(F)cc4)cc(C)n3)C1)CCCC2. The number of likely N-dealkylation sites (tertiary alicyclic amines) is 1. The second kappa shape index (κ2) is 9.08. The summed E-state index contributed by atoms with van der Waals surface area (Å²) in [6, 6.07) is 10.7. The van der Waals surface area contributed by atoms with Gasteiger partial charge in [-0.05, 0) is 87.8 Å². The normalized spacial score (nSPS) is 18.3. The van der Waals surface area contributed by atoms with Crippen LogP contribution >= 0.6 is 0 Å². The Balaban J connectivity index is 1.41. The molecule has 1 saturated heterocycles. The molecule has 1 aliphatic carbocycles. The predicted octanol–water partition coefficient (Wildman–Crippen LogP) is 5.31. The number of pyridine rings is 1. The van der Waals surface area contributed by atoms with Crippen LogP contribution in [0.15, 0.2) is 36.4 Å². The number of hydrogen-bond donors (Lipinski definition) is 0. The van der Waals surface area contributed by atoms with Gasteiger partial charge >= 0.3 is 0 Å². The van der Waals surface area contributed by atoms with Crippen LogP contribution in [0, 0.1) is 12.7 Å². The van der Waals surface area contributed by atoms with Crippen molar-refractivity contribution in [2.24, 2.45) is 0 Å². The summed E-state index contributed by atoms with van der Waals surface area (Å²) in [5, 5.41) is 4.76. The van der Waals surface area contributed by atoms with E-state index in [0.29, 0.717) is 13.1 Å². The van der Waals surface area contributed by atoms with Crippen LogP contribution in [0.3, 0.4) is 0 Å². The molecule has 1 atom stereocenters. The third kappa shape index (κ3) is 4.31.